The molecule has 2 aliphatic rings. The quantitative estimate of drug-likeness (QED) is 0.543. The summed E-state index contributed by atoms with van der Waals surface area (Å²) in [5.41, 5.74) is 3.52. The van der Waals surface area contributed by atoms with E-state index in [0.717, 1.165) is 54.7 Å². The highest BCUT2D eigenvalue weighted by atomic mass is 32.1. The second kappa shape index (κ2) is 10.6. The van der Waals surface area contributed by atoms with E-state index in [1.165, 1.54) is 22.4 Å². The van der Waals surface area contributed by atoms with Gasteiger partial charge in [-0.1, -0.05) is 24.3 Å². The number of nitrogens with one attached hydrogen (secondary N) is 1. The van der Waals surface area contributed by atoms with Crippen molar-refractivity contribution >= 4 is 27.5 Å². The minimum Gasteiger partial charge on any atom is -0.373 e. The van der Waals surface area contributed by atoms with Gasteiger partial charge in [-0.3, -0.25) is 19.1 Å². The molecule has 0 spiro atoms. The van der Waals surface area contributed by atoms with Crippen LogP contribution in [0.15, 0.2) is 35.4 Å². The van der Waals surface area contributed by atoms with Crippen molar-refractivity contribution in [2.45, 2.75) is 77.8 Å². The summed E-state index contributed by atoms with van der Waals surface area (Å²) in [6, 6.07) is 8.27. The van der Waals surface area contributed by atoms with Crippen LogP contribution in [0.5, 0.6) is 0 Å². The summed E-state index contributed by atoms with van der Waals surface area (Å²) in [6.45, 7) is 7.70. The molecule has 1 saturated heterocycles. The third-order valence-corrected chi connectivity index (χ3v) is 8.20. The van der Waals surface area contributed by atoms with Gasteiger partial charge in [-0.05, 0) is 56.2 Å². The molecule has 1 aliphatic heterocycles. The molecular weight excluding hydrogens is 460 g/mol. The molecule has 3 heterocycles. The van der Waals surface area contributed by atoms with Crippen molar-refractivity contribution < 1.29 is 9.53 Å². The number of hydrogen-bond acceptors (Lipinski definition) is 6. The summed E-state index contributed by atoms with van der Waals surface area (Å²) in [6.07, 6.45) is 6.61. The van der Waals surface area contributed by atoms with Crippen LogP contribution in [0, 0.1) is 0 Å². The molecule has 35 heavy (non-hydrogen) atoms. The predicted octanol–water partition coefficient (Wildman–Crippen LogP) is 3.65. The molecule has 2 unspecified atom stereocenters. The van der Waals surface area contributed by atoms with E-state index in [2.05, 4.69) is 41.2 Å². The maximum Gasteiger partial charge on any atom is 0.262 e. The summed E-state index contributed by atoms with van der Waals surface area (Å²) < 4.78 is 7.45. The number of benzene rings is 1. The number of ether oxygens (including phenoxy) is 1. The van der Waals surface area contributed by atoms with Gasteiger partial charge in [-0.2, -0.15) is 0 Å². The number of rotatable bonds is 7. The number of fused-ring (bicyclic) bond motifs is 3. The lowest BCUT2D eigenvalue weighted by Crippen LogP contribution is -2.45. The third kappa shape index (κ3) is 5.50. The van der Waals surface area contributed by atoms with Crippen LogP contribution in [-0.4, -0.2) is 45.7 Å². The number of nitrogens with zero attached hydrogens (tertiary/aromatic N) is 3. The van der Waals surface area contributed by atoms with Crippen LogP contribution < -0.4 is 10.9 Å². The number of carbonyl (C=O) groups excluding carboxylic acids is 1. The van der Waals surface area contributed by atoms with Gasteiger partial charge in [0.05, 0.1) is 23.9 Å². The molecule has 5 rings (SSSR count). The average Bonchev–Trinajstić information content (AvgIpc) is 3.22. The Morgan fingerprint density at radius 2 is 1.89 bits per heavy atom. The smallest absolute Gasteiger partial charge is 0.262 e. The van der Waals surface area contributed by atoms with E-state index in [0.29, 0.717) is 13.1 Å². The molecule has 0 saturated carbocycles. The number of carbonyl (C=O) groups is 1. The summed E-state index contributed by atoms with van der Waals surface area (Å²) in [4.78, 5) is 34.9. The molecule has 0 radical (unpaired) electrons. The van der Waals surface area contributed by atoms with E-state index < -0.39 is 0 Å². The Balaban J connectivity index is 1.19. The van der Waals surface area contributed by atoms with Crippen LogP contribution in [0.25, 0.3) is 10.2 Å². The maximum absolute atomic E-state index is 13.1. The fourth-order valence-corrected chi connectivity index (χ4v) is 6.60. The molecule has 0 bridgehead atoms. The lowest BCUT2D eigenvalue weighted by molar-refractivity contribution is -0.121. The van der Waals surface area contributed by atoms with Gasteiger partial charge in [0.2, 0.25) is 5.91 Å². The van der Waals surface area contributed by atoms with Crippen molar-refractivity contribution in [2.75, 3.05) is 13.1 Å². The molecule has 1 fully saturated rings. The van der Waals surface area contributed by atoms with Gasteiger partial charge in [0.25, 0.3) is 5.56 Å². The van der Waals surface area contributed by atoms with Crippen molar-refractivity contribution in [2.24, 2.45) is 0 Å². The molecule has 186 valence electrons. The number of thiophene rings is 1. The molecule has 1 N–H and O–H groups in total. The number of amides is 1. The first-order valence-electron chi connectivity index (χ1n) is 12.7. The Labute approximate surface area is 210 Å². The Morgan fingerprint density at radius 3 is 2.69 bits per heavy atom. The summed E-state index contributed by atoms with van der Waals surface area (Å²) >= 11 is 1.65. The molecule has 2 atom stereocenters. The fraction of sp³-hybridized carbons (Fsp3) is 0.519. The molecule has 7 nitrogen and oxygen atoms in total. The van der Waals surface area contributed by atoms with Crippen LogP contribution in [0.2, 0.25) is 0 Å². The lowest BCUT2D eigenvalue weighted by atomic mass is 9.97. The first-order chi connectivity index (χ1) is 17.0. The third-order valence-electron chi connectivity index (χ3n) is 7.01. The van der Waals surface area contributed by atoms with Crippen LogP contribution >= 0.6 is 11.3 Å². The maximum atomic E-state index is 13.1. The zero-order chi connectivity index (χ0) is 24.4. The monoisotopic (exact) mass is 494 g/mol. The largest absolute Gasteiger partial charge is 0.373 e. The number of aryl methyl sites for hydroxylation is 3. The standard InChI is InChI=1S/C27H34N4O3S/c1-18-14-30(15-19(2)34-18)16-21-8-4-3-7-20(21)13-28-24(32)11-12-31-17-29-26-25(27(31)33)22-9-5-6-10-23(22)35-26/h3-4,7-8,17-19H,5-6,9-16H2,1-2H3,(H,28,32). The normalized spacial score (nSPS) is 20.6. The second-order valence-corrected chi connectivity index (χ2v) is 11.0. The first kappa shape index (κ1) is 24.2. The van der Waals surface area contributed by atoms with E-state index in [1.807, 2.05) is 12.1 Å². The van der Waals surface area contributed by atoms with E-state index in [1.54, 1.807) is 22.2 Å². The topological polar surface area (TPSA) is 76.5 Å². The predicted molar refractivity (Wildman–Crippen MR) is 139 cm³/mol. The fourth-order valence-electron chi connectivity index (χ4n) is 5.38. The lowest BCUT2D eigenvalue weighted by Gasteiger charge is -2.35. The number of aromatic nitrogens is 2. The molecule has 8 heteroatoms. The minimum absolute atomic E-state index is 0.0125. The molecular formula is C27H34N4O3S. The molecule has 1 amide bonds. The van der Waals surface area contributed by atoms with Gasteiger partial charge < -0.3 is 10.1 Å². The van der Waals surface area contributed by atoms with Crippen LogP contribution in [0.4, 0.5) is 0 Å². The van der Waals surface area contributed by atoms with Gasteiger partial charge in [-0.15, -0.1) is 11.3 Å². The highest BCUT2D eigenvalue weighted by molar-refractivity contribution is 7.18. The number of hydrogen-bond donors (Lipinski definition) is 1. The molecule has 1 aromatic carbocycles. The summed E-state index contributed by atoms with van der Waals surface area (Å²) in [7, 11) is 0. The van der Waals surface area contributed by atoms with E-state index in [4.69, 9.17) is 4.74 Å². The Hall–Kier alpha value is -2.55. The van der Waals surface area contributed by atoms with E-state index in [-0.39, 0.29) is 30.1 Å². The molecule has 2 aromatic heterocycles. The van der Waals surface area contributed by atoms with Gasteiger partial charge >= 0.3 is 0 Å². The first-order valence-corrected chi connectivity index (χ1v) is 13.5. The van der Waals surface area contributed by atoms with Gasteiger partial charge in [0, 0.05) is 44.0 Å². The Kier molecular flexibility index (Phi) is 7.32. The van der Waals surface area contributed by atoms with Gasteiger partial charge in [0.1, 0.15) is 4.83 Å². The van der Waals surface area contributed by atoms with Crippen LogP contribution in [-0.2, 0) is 42.0 Å². The van der Waals surface area contributed by atoms with Crippen molar-refractivity contribution in [3.63, 3.8) is 0 Å². The van der Waals surface area contributed by atoms with Gasteiger partial charge in [-0.25, -0.2) is 4.98 Å². The Bertz CT molecular complexity index is 1260. The van der Waals surface area contributed by atoms with Crippen LogP contribution in [0.3, 0.4) is 0 Å². The van der Waals surface area contributed by atoms with Crippen molar-refractivity contribution in [3.05, 3.63) is 62.5 Å². The van der Waals surface area contributed by atoms with Crippen molar-refractivity contribution in [1.82, 2.24) is 19.8 Å². The van der Waals surface area contributed by atoms with E-state index in [9.17, 15) is 9.59 Å². The summed E-state index contributed by atoms with van der Waals surface area (Å²) in [5, 5.41) is 3.82. The molecule has 3 aromatic rings. The van der Waals surface area contributed by atoms with Crippen LogP contribution in [0.1, 0.15) is 54.7 Å². The van der Waals surface area contributed by atoms with Gasteiger partial charge in [0.15, 0.2) is 0 Å². The highest BCUT2D eigenvalue weighted by Gasteiger charge is 2.23. The average molecular weight is 495 g/mol. The SMILES string of the molecule is CC1CN(Cc2ccccc2CNC(=O)CCn2cnc3sc4c(c3c2=O)CCCC4)CC(C)O1. The van der Waals surface area contributed by atoms with E-state index >= 15 is 0 Å². The molecule has 1 aliphatic carbocycles. The summed E-state index contributed by atoms with van der Waals surface area (Å²) in [5.74, 6) is -0.0623. The second-order valence-electron chi connectivity index (χ2n) is 9.88. The Morgan fingerprint density at radius 1 is 1.14 bits per heavy atom. The highest BCUT2D eigenvalue weighted by Crippen LogP contribution is 2.33. The van der Waals surface area contributed by atoms with Crippen molar-refractivity contribution in [3.8, 4) is 0 Å². The minimum atomic E-state index is -0.0623. The zero-order valence-corrected chi connectivity index (χ0v) is 21.4. The van der Waals surface area contributed by atoms with Crippen molar-refractivity contribution in [1.29, 1.82) is 0 Å². The zero-order valence-electron chi connectivity index (χ0n) is 20.6. The number of morpholine rings is 1.